The molecule has 0 saturated heterocycles. The van der Waals surface area contributed by atoms with Crippen LogP contribution in [0.15, 0.2) is 42.5 Å². The van der Waals surface area contributed by atoms with Gasteiger partial charge in [-0.25, -0.2) is 4.98 Å². The van der Waals surface area contributed by atoms with E-state index in [0.29, 0.717) is 6.54 Å². The molecule has 4 nitrogen and oxygen atoms in total. The smallest absolute Gasteiger partial charge is 0.142 e. The SMILES string of the molecule is COc1cc(C)ccc1NCc1nc2ccccc2n1C. The summed E-state index contributed by atoms with van der Waals surface area (Å²) in [6, 6.07) is 14.3. The molecule has 1 heterocycles. The van der Waals surface area contributed by atoms with Gasteiger partial charge in [0.2, 0.25) is 0 Å². The summed E-state index contributed by atoms with van der Waals surface area (Å²) < 4.78 is 7.53. The summed E-state index contributed by atoms with van der Waals surface area (Å²) in [5, 5.41) is 3.40. The molecule has 4 heteroatoms. The van der Waals surface area contributed by atoms with E-state index in [-0.39, 0.29) is 0 Å². The number of hydrogen-bond donors (Lipinski definition) is 1. The first kappa shape index (κ1) is 13.5. The molecule has 0 aliphatic rings. The highest BCUT2D eigenvalue weighted by Gasteiger charge is 2.08. The van der Waals surface area contributed by atoms with Gasteiger partial charge in [-0.3, -0.25) is 0 Å². The molecule has 0 bridgehead atoms. The number of nitrogens with one attached hydrogen (secondary N) is 1. The lowest BCUT2D eigenvalue weighted by Crippen LogP contribution is -2.06. The van der Waals surface area contributed by atoms with E-state index in [2.05, 4.69) is 33.9 Å². The Bertz CT molecular complexity index is 777. The maximum atomic E-state index is 5.41. The minimum Gasteiger partial charge on any atom is -0.495 e. The van der Waals surface area contributed by atoms with E-state index in [1.165, 1.54) is 5.56 Å². The zero-order valence-corrected chi connectivity index (χ0v) is 12.6. The number of hydrogen-bond acceptors (Lipinski definition) is 3. The lowest BCUT2D eigenvalue weighted by atomic mass is 10.2. The van der Waals surface area contributed by atoms with E-state index >= 15 is 0 Å². The summed E-state index contributed by atoms with van der Waals surface area (Å²) in [5.41, 5.74) is 4.33. The summed E-state index contributed by atoms with van der Waals surface area (Å²) in [6.07, 6.45) is 0. The number of methoxy groups -OCH3 is 1. The molecule has 2 aromatic carbocycles. The van der Waals surface area contributed by atoms with Gasteiger partial charge in [0, 0.05) is 7.05 Å². The molecule has 1 N–H and O–H groups in total. The molecule has 3 aromatic rings. The van der Waals surface area contributed by atoms with Crippen LogP contribution in [0.5, 0.6) is 5.75 Å². The van der Waals surface area contributed by atoms with Crippen LogP contribution < -0.4 is 10.1 Å². The van der Waals surface area contributed by atoms with Gasteiger partial charge in [-0.15, -0.1) is 0 Å². The zero-order chi connectivity index (χ0) is 14.8. The van der Waals surface area contributed by atoms with Gasteiger partial charge in [0.25, 0.3) is 0 Å². The molecular weight excluding hydrogens is 262 g/mol. The van der Waals surface area contributed by atoms with Gasteiger partial charge in [-0.2, -0.15) is 0 Å². The van der Waals surface area contributed by atoms with Crippen LogP contribution >= 0.6 is 0 Å². The molecule has 3 rings (SSSR count). The van der Waals surface area contributed by atoms with E-state index < -0.39 is 0 Å². The summed E-state index contributed by atoms with van der Waals surface area (Å²) in [5.74, 6) is 1.85. The molecule has 0 spiro atoms. The van der Waals surface area contributed by atoms with Crippen LogP contribution in [-0.4, -0.2) is 16.7 Å². The molecule has 108 valence electrons. The number of ether oxygens (including phenoxy) is 1. The van der Waals surface area contributed by atoms with E-state index in [9.17, 15) is 0 Å². The van der Waals surface area contributed by atoms with Crippen LogP contribution in [0.4, 0.5) is 5.69 Å². The van der Waals surface area contributed by atoms with Gasteiger partial charge >= 0.3 is 0 Å². The molecule has 0 unspecified atom stereocenters. The van der Waals surface area contributed by atoms with Crippen LogP contribution in [0.2, 0.25) is 0 Å². The highest BCUT2D eigenvalue weighted by atomic mass is 16.5. The molecule has 0 aliphatic carbocycles. The number of benzene rings is 2. The maximum Gasteiger partial charge on any atom is 0.142 e. The predicted octanol–water partition coefficient (Wildman–Crippen LogP) is 3.50. The summed E-state index contributed by atoms with van der Waals surface area (Å²) in [7, 11) is 3.73. The average Bonchev–Trinajstić information content (AvgIpc) is 2.83. The lowest BCUT2D eigenvalue weighted by molar-refractivity contribution is 0.416. The first-order valence-electron chi connectivity index (χ1n) is 6.98. The molecule has 21 heavy (non-hydrogen) atoms. The average molecular weight is 281 g/mol. The highest BCUT2D eigenvalue weighted by molar-refractivity contribution is 5.75. The Kier molecular flexibility index (Phi) is 3.52. The summed E-state index contributed by atoms with van der Waals surface area (Å²) in [6.45, 7) is 2.71. The molecule has 0 fully saturated rings. The second kappa shape index (κ2) is 5.48. The van der Waals surface area contributed by atoms with Gasteiger partial charge < -0.3 is 14.6 Å². The fourth-order valence-electron chi connectivity index (χ4n) is 2.47. The van der Waals surface area contributed by atoms with E-state index in [1.807, 2.05) is 37.4 Å². The second-order valence-electron chi connectivity index (χ2n) is 5.13. The number of para-hydroxylation sites is 2. The Morgan fingerprint density at radius 1 is 1.19 bits per heavy atom. The first-order chi connectivity index (χ1) is 10.2. The Balaban J connectivity index is 1.85. The van der Waals surface area contributed by atoms with Crippen molar-refractivity contribution in [1.29, 1.82) is 0 Å². The number of imidazole rings is 1. The minimum atomic E-state index is 0.657. The maximum absolute atomic E-state index is 5.41. The van der Waals surface area contributed by atoms with Crippen molar-refractivity contribution >= 4 is 16.7 Å². The Morgan fingerprint density at radius 3 is 2.76 bits per heavy atom. The number of rotatable bonds is 4. The van der Waals surface area contributed by atoms with Gasteiger partial charge in [0.15, 0.2) is 0 Å². The van der Waals surface area contributed by atoms with Crippen LogP contribution in [-0.2, 0) is 13.6 Å². The van der Waals surface area contributed by atoms with Crippen LogP contribution in [0.25, 0.3) is 11.0 Å². The third-order valence-corrected chi connectivity index (χ3v) is 3.67. The topological polar surface area (TPSA) is 39.1 Å². The van der Waals surface area contributed by atoms with Crippen molar-refractivity contribution in [2.45, 2.75) is 13.5 Å². The molecule has 0 saturated carbocycles. The van der Waals surface area contributed by atoms with Crippen molar-refractivity contribution in [3.63, 3.8) is 0 Å². The van der Waals surface area contributed by atoms with Gasteiger partial charge in [0.05, 0.1) is 30.4 Å². The van der Waals surface area contributed by atoms with E-state index in [1.54, 1.807) is 7.11 Å². The first-order valence-corrected chi connectivity index (χ1v) is 6.98. The monoisotopic (exact) mass is 281 g/mol. The number of aromatic nitrogens is 2. The quantitative estimate of drug-likeness (QED) is 0.795. The van der Waals surface area contributed by atoms with Gasteiger partial charge in [-0.1, -0.05) is 18.2 Å². The van der Waals surface area contributed by atoms with Gasteiger partial charge in [0.1, 0.15) is 11.6 Å². The molecular formula is C17H19N3O. The number of anilines is 1. The van der Waals surface area contributed by atoms with Crippen LogP contribution in [0.1, 0.15) is 11.4 Å². The van der Waals surface area contributed by atoms with Gasteiger partial charge in [-0.05, 0) is 36.8 Å². The van der Waals surface area contributed by atoms with E-state index in [0.717, 1.165) is 28.3 Å². The largest absolute Gasteiger partial charge is 0.495 e. The Morgan fingerprint density at radius 2 is 2.00 bits per heavy atom. The highest BCUT2D eigenvalue weighted by Crippen LogP contribution is 2.26. The van der Waals surface area contributed by atoms with E-state index in [4.69, 9.17) is 4.74 Å². The molecule has 0 atom stereocenters. The molecule has 0 radical (unpaired) electrons. The number of aryl methyl sites for hydroxylation is 2. The lowest BCUT2D eigenvalue weighted by Gasteiger charge is -2.11. The third kappa shape index (κ3) is 2.57. The molecule has 0 aliphatic heterocycles. The third-order valence-electron chi connectivity index (χ3n) is 3.67. The fraction of sp³-hybridized carbons (Fsp3) is 0.235. The zero-order valence-electron chi connectivity index (χ0n) is 12.6. The standard InChI is InChI=1S/C17H19N3O/c1-12-8-9-14(16(10-12)21-3)18-11-17-19-13-6-4-5-7-15(13)20(17)2/h4-10,18H,11H2,1-3H3. The van der Waals surface area contributed by atoms with Crippen molar-refractivity contribution in [3.8, 4) is 5.75 Å². The fourth-order valence-corrected chi connectivity index (χ4v) is 2.47. The normalized spacial score (nSPS) is 10.8. The van der Waals surface area contributed by atoms with Crippen molar-refractivity contribution in [1.82, 2.24) is 9.55 Å². The number of nitrogens with zero attached hydrogens (tertiary/aromatic N) is 2. The van der Waals surface area contributed by atoms with Crippen molar-refractivity contribution in [2.75, 3.05) is 12.4 Å². The van der Waals surface area contributed by atoms with Crippen LogP contribution in [0, 0.1) is 6.92 Å². The number of fused-ring (bicyclic) bond motifs is 1. The van der Waals surface area contributed by atoms with Crippen molar-refractivity contribution in [2.24, 2.45) is 7.05 Å². The van der Waals surface area contributed by atoms with Crippen molar-refractivity contribution in [3.05, 3.63) is 53.9 Å². The van der Waals surface area contributed by atoms with Crippen molar-refractivity contribution < 1.29 is 4.74 Å². The minimum absolute atomic E-state index is 0.657. The predicted molar refractivity (Wildman–Crippen MR) is 85.8 cm³/mol. The summed E-state index contributed by atoms with van der Waals surface area (Å²) in [4.78, 5) is 4.66. The molecule has 0 amide bonds. The second-order valence-corrected chi connectivity index (χ2v) is 5.13. The molecule has 1 aromatic heterocycles. The summed E-state index contributed by atoms with van der Waals surface area (Å²) >= 11 is 0. The Labute approximate surface area is 124 Å². The van der Waals surface area contributed by atoms with Crippen LogP contribution in [0.3, 0.4) is 0 Å². The Hall–Kier alpha value is -2.49.